The van der Waals surface area contributed by atoms with Crippen LogP contribution < -0.4 is 10.6 Å². The molecule has 1 unspecified atom stereocenters. The lowest BCUT2D eigenvalue weighted by molar-refractivity contribution is 0.162. The van der Waals surface area contributed by atoms with Gasteiger partial charge in [-0.05, 0) is 11.5 Å². The Morgan fingerprint density at radius 3 is 2.75 bits per heavy atom. The number of carbonyl (C=O) groups excluding carboxylic acids is 1. The van der Waals surface area contributed by atoms with Crippen LogP contribution in [0, 0.1) is 5.41 Å². The second-order valence-electron chi connectivity index (χ2n) is 5.50. The van der Waals surface area contributed by atoms with Crippen LogP contribution in [0.4, 0.5) is 10.7 Å². The summed E-state index contributed by atoms with van der Waals surface area (Å²) in [6.07, 6.45) is 1.55. The number of ether oxygens (including phenoxy) is 1. The average Bonchev–Trinajstić information content (AvgIpc) is 2.35. The summed E-state index contributed by atoms with van der Waals surface area (Å²) in [6, 6.07) is 0.899. The average molecular weight is 282 g/mol. The van der Waals surface area contributed by atoms with Crippen molar-refractivity contribution >= 4 is 12.0 Å². The quantitative estimate of drug-likeness (QED) is 0.753. The third-order valence-electron chi connectivity index (χ3n) is 2.76. The maximum absolute atomic E-state index is 11.9. The zero-order chi connectivity index (χ0) is 15.2. The standard InChI is InChI=1S/C13H22N4O3/c1-13(2,3)10(7-18)16-12(19)17-11-14-6-5-9(15-11)8-20-4/h5-6,10,18H,7-8H2,1-4H3,(H2,14,15,16,17,19). The Hall–Kier alpha value is -1.73. The van der Waals surface area contributed by atoms with Crippen molar-refractivity contribution in [3.05, 3.63) is 18.0 Å². The smallest absolute Gasteiger partial charge is 0.321 e. The van der Waals surface area contributed by atoms with Crippen LogP contribution in [0.15, 0.2) is 12.3 Å². The van der Waals surface area contributed by atoms with Gasteiger partial charge in [-0.2, -0.15) is 0 Å². The van der Waals surface area contributed by atoms with Gasteiger partial charge in [0.05, 0.1) is 24.9 Å². The van der Waals surface area contributed by atoms with Gasteiger partial charge in [0.1, 0.15) is 0 Å². The molecule has 7 heteroatoms. The van der Waals surface area contributed by atoms with E-state index in [9.17, 15) is 9.90 Å². The summed E-state index contributed by atoms with van der Waals surface area (Å²) in [5.74, 6) is 0.197. The predicted molar refractivity (Wildman–Crippen MR) is 75.2 cm³/mol. The molecule has 0 radical (unpaired) electrons. The summed E-state index contributed by atoms with van der Waals surface area (Å²) >= 11 is 0. The molecule has 1 atom stereocenters. The van der Waals surface area contributed by atoms with Gasteiger partial charge < -0.3 is 15.2 Å². The van der Waals surface area contributed by atoms with Gasteiger partial charge in [-0.25, -0.2) is 14.8 Å². The molecule has 0 saturated heterocycles. The number of nitrogens with zero attached hydrogens (tertiary/aromatic N) is 2. The molecule has 0 aromatic carbocycles. The van der Waals surface area contributed by atoms with Gasteiger partial charge in [0.2, 0.25) is 5.95 Å². The highest BCUT2D eigenvalue weighted by Crippen LogP contribution is 2.18. The van der Waals surface area contributed by atoms with E-state index in [0.29, 0.717) is 12.3 Å². The van der Waals surface area contributed by atoms with E-state index in [0.717, 1.165) is 0 Å². The second-order valence-corrected chi connectivity index (χ2v) is 5.50. The number of aromatic nitrogens is 2. The van der Waals surface area contributed by atoms with E-state index in [4.69, 9.17) is 4.74 Å². The molecular weight excluding hydrogens is 260 g/mol. The van der Waals surface area contributed by atoms with Crippen molar-refractivity contribution < 1.29 is 14.6 Å². The molecule has 20 heavy (non-hydrogen) atoms. The Bertz CT molecular complexity index is 445. The molecular formula is C13H22N4O3. The highest BCUT2D eigenvalue weighted by Gasteiger charge is 2.25. The zero-order valence-electron chi connectivity index (χ0n) is 12.3. The van der Waals surface area contributed by atoms with Crippen LogP contribution in [0.2, 0.25) is 0 Å². The first-order valence-corrected chi connectivity index (χ1v) is 6.36. The van der Waals surface area contributed by atoms with Crippen molar-refractivity contribution in [1.29, 1.82) is 0 Å². The van der Waals surface area contributed by atoms with E-state index in [1.54, 1.807) is 19.4 Å². The Morgan fingerprint density at radius 1 is 1.50 bits per heavy atom. The van der Waals surface area contributed by atoms with E-state index in [1.807, 2.05) is 20.8 Å². The first-order chi connectivity index (χ1) is 9.36. The third-order valence-corrected chi connectivity index (χ3v) is 2.76. The minimum absolute atomic E-state index is 0.137. The minimum Gasteiger partial charge on any atom is -0.394 e. The van der Waals surface area contributed by atoms with Gasteiger partial charge in [0, 0.05) is 13.3 Å². The number of anilines is 1. The first-order valence-electron chi connectivity index (χ1n) is 6.36. The van der Waals surface area contributed by atoms with Crippen molar-refractivity contribution in [2.24, 2.45) is 5.41 Å². The normalized spacial score (nSPS) is 12.8. The highest BCUT2D eigenvalue weighted by atomic mass is 16.5. The van der Waals surface area contributed by atoms with E-state index in [1.165, 1.54) is 0 Å². The second kappa shape index (κ2) is 7.16. The lowest BCUT2D eigenvalue weighted by Crippen LogP contribution is -2.47. The number of hydrogen-bond donors (Lipinski definition) is 3. The summed E-state index contributed by atoms with van der Waals surface area (Å²) in [6.45, 7) is 6.01. The Balaban J connectivity index is 2.64. The maximum Gasteiger partial charge on any atom is 0.321 e. The number of methoxy groups -OCH3 is 1. The monoisotopic (exact) mass is 282 g/mol. The largest absolute Gasteiger partial charge is 0.394 e. The summed E-state index contributed by atoms with van der Waals surface area (Å²) in [7, 11) is 1.57. The topological polar surface area (TPSA) is 96.4 Å². The molecule has 0 spiro atoms. The lowest BCUT2D eigenvalue weighted by Gasteiger charge is -2.29. The Labute approximate surface area is 118 Å². The molecule has 1 heterocycles. The number of aliphatic hydroxyl groups is 1. The predicted octanol–water partition coefficient (Wildman–Crippen LogP) is 1.15. The van der Waals surface area contributed by atoms with Crippen LogP contribution in [0.3, 0.4) is 0 Å². The van der Waals surface area contributed by atoms with Gasteiger partial charge >= 0.3 is 6.03 Å². The van der Waals surface area contributed by atoms with E-state index >= 15 is 0 Å². The number of nitrogens with one attached hydrogen (secondary N) is 2. The summed E-state index contributed by atoms with van der Waals surface area (Å²) in [5, 5.41) is 14.5. The molecule has 0 aliphatic rings. The number of carbonyl (C=O) groups is 1. The molecule has 3 N–H and O–H groups in total. The van der Waals surface area contributed by atoms with Crippen LogP contribution in [0.1, 0.15) is 26.5 Å². The molecule has 0 fully saturated rings. The SMILES string of the molecule is COCc1ccnc(NC(=O)NC(CO)C(C)(C)C)n1. The minimum atomic E-state index is -0.450. The van der Waals surface area contributed by atoms with Crippen LogP contribution >= 0.6 is 0 Å². The highest BCUT2D eigenvalue weighted by molar-refractivity contribution is 5.87. The van der Waals surface area contributed by atoms with E-state index in [-0.39, 0.29) is 24.0 Å². The van der Waals surface area contributed by atoms with Gasteiger partial charge in [-0.3, -0.25) is 5.32 Å². The van der Waals surface area contributed by atoms with E-state index < -0.39 is 6.03 Å². The van der Waals surface area contributed by atoms with Crippen molar-refractivity contribution in [1.82, 2.24) is 15.3 Å². The molecule has 0 bridgehead atoms. The van der Waals surface area contributed by atoms with Crippen LogP contribution in [-0.4, -0.2) is 40.9 Å². The fourth-order valence-electron chi connectivity index (χ4n) is 1.52. The van der Waals surface area contributed by atoms with Crippen molar-refractivity contribution in [2.45, 2.75) is 33.4 Å². The molecule has 0 aliphatic carbocycles. The number of hydrogen-bond acceptors (Lipinski definition) is 5. The number of rotatable bonds is 5. The molecule has 1 aromatic heterocycles. The van der Waals surface area contributed by atoms with Crippen LogP contribution in [-0.2, 0) is 11.3 Å². The summed E-state index contributed by atoms with van der Waals surface area (Å²) in [5.41, 5.74) is 0.428. The lowest BCUT2D eigenvalue weighted by atomic mass is 9.87. The van der Waals surface area contributed by atoms with E-state index in [2.05, 4.69) is 20.6 Å². The molecule has 1 rings (SSSR count). The maximum atomic E-state index is 11.9. The fraction of sp³-hybridized carbons (Fsp3) is 0.615. The van der Waals surface area contributed by atoms with Crippen LogP contribution in [0.25, 0.3) is 0 Å². The van der Waals surface area contributed by atoms with Crippen molar-refractivity contribution in [2.75, 3.05) is 19.0 Å². The molecule has 112 valence electrons. The molecule has 0 saturated carbocycles. The number of urea groups is 1. The van der Waals surface area contributed by atoms with Gasteiger partial charge in [0.25, 0.3) is 0 Å². The summed E-state index contributed by atoms with van der Waals surface area (Å²) in [4.78, 5) is 19.9. The first kappa shape index (κ1) is 16.3. The van der Waals surface area contributed by atoms with Crippen molar-refractivity contribution in [3.63, 3.8) is 0 Å². The third kappa shape index (κ3) is 5.10. The number of aliphatic hydroxyl groups excluding tert-OH is 1. The molecule has 2 amide bonds. The number of amides is 2. The molecule has 7 nitrogen and oxygen atoms in total. The van der Waals surface area contributed by atoms with Gasteiger partial charge in [-0.15, -0.1) is 0 Å². The fourth-order valence-corrected chi connectivity index (χ4v) is 1.52. The Kier molecular flexibility index (Phi) is 5.84. The Morgan fingerprint density at radius 2 is 2.20 bits per heavy atom. The zero-order valence-corrected chi connectivity index (χ0v) is 12.3. The summed E-state index contributed by atoms with van der Waals surface area (Å²) < 4.78 is 4.96. The molecule has 0 aliphatic heterocycles. The van der Waals surface area contributed by atoms with Gasteiger partial charge in [0.15, 0.2) is 0 Å². The van der Waals surface area contributed by atoms with Crippen LogP contribution in [0.5, 0.6) is 0 Å². The van der Waals surface area contributed by atoms with Gasteiger partial charge in [-0.1, -0.05) is 20.8 Å². The van der Waals surface area contributed by atoms with Crippen molar-refractivity contribution in [3.8, 4) is 0 Å². The molecule has 1 aromatic rings.